The third-order valence-electron chi connectivity index (χ3n) is 4.24. The van der Waals surface area contributed by atoms with Gasteiger partial charge in [0.2, 0.25) is 5.91 Å². The van der Waals surface area contributed by atoms with Gasteiger partial charge in [-0.3, -0.25) is 14.8 Å². The molecule has 3 rings (SSSR count). The van der Waals surface area contributed by atoms with Crippen LogP contribution in [0, 0.1) is 5.92 Å². The monoisotopic (exact) mass is 340 g/mol. The molecule has 0 bridgehead atoms. The maximum Gasteiger partial charge on any atom is 0.274 e. The Hall–Kier alpha value is -2.86. The molecule has 6 nitrogen and oxygen atoms in total. The minimum absolute atomic E-state index is 0.0543. The van der Waals surface area contributed by atoms with Crippen molar-refractivity contribution in [3.63, 3.8) is 0 Å². The summed E-state index contributed by atoms with van der Waals surface area (Å²) in [5, 5.41) is 11.4. The van der Waals surface area contributed by atoms with Crippen molar-refractivity contribution in [1.29, 1.82) is 0 Å². The second-order valence-electron chi connectivity index (χ2n) is 5.96. The van der Waals surface area contributed by atoms with E-state index in [0.29, 0.717) is 30.4 Å². The van der Waals surface area contributed by atoms with E-state index in [0.717, 1.165) is 6.42 Å². The van der Waals surface area contributed by atoms with E-state index >= 15 is 0 Å². The molecule has 0 unspecified atom stereocenters. The largest absolute Gasteiger partial charge is 0.492 e. The number of hydrogen-bond acceptors (Lipinski definition) is 4. The van der Waals surface area contributed by atoms with E-state index in [-0.39, 0.29) is 11.8 Å². The zero-order valence-corrected chi connectivity index (χ0v) is 13.6. The average molecular weight is 340 g/mol. The Balaban J connectivity index is 1.37. The summed E-state index contributed by atoms with van der Waals surface area (Å²) in [6, 6.07) is 16.4. The van der Waals surface area contributed by atoms with Crippen LogP contribution in [0.15, 0.2) is 54.6 Å². The molecular formula is C19H20N2O4. The van der Waals surface area contributed by atoms with Crippen molar-refractivity contribution in [3.05, 3.63) is 65.7 Å². The lowest BCUT2D eigenvalue weighted by Gasteiger charge is -2.08. The fourth-order valence-electron chi connectivity index (χ4n) is 2.79. The van der Waals surface area contributed by atoms with Crippen molar-refractivity contribution in [2.75, 3.05) is 13.2 Å². The quantitative estimate of drug-likeness (QED) is 0.409. The molecule has 0 saturated heterocycles. The molecule has 3 N–H and O–H groups in total. The van der Waals surface area contributed by atoms with Gasteiger partial charge in [0.15, 0.2) is 0 Å². The molecule has 0 aliphatic heterocycles. The molecule has 2 amide bonds. The second-order valence-corrected chi connectivity index (χ2v) is 5.96. The van der Waals surface area contributed by atoms with E-state index in [1.54, 1.807) is 29.7 Å². The molecule has 6 heteroatoms. The van der Waals surface area contributed by atoms with Crippen molar-refractivity contribution >= 4 is 11.8 Å². The Labute approximate surface area is 145 Å². The Morgan fingerprint density at radius 1 is 1.08 bits per heavy atom. The molecule has 1 fully saturated rings. The van der Waals surface area contributed by atoms with Gasteiger partial charge in [-0.1, -0.05) is 30.3 Å². The Morgan fingerprint density at radius 3 is 2.48 bits per heavy atom. The van der Waals surface area contributed by atoms with E-state index in [1.165, 1.54) is 5.56 Å². The van der Waals surface area contributed by atoms with E-state index in [9.17, 15) is 9.59 Å². The van der Waals surface area contributed by atoms with Crippen molar-refractivity contribution in [1.82, 2.24) is 10.8 Å². The van der Waals surface area contributed by atoms with Crippen molar-refractivity contribution in [3.8, 4) is 5.75 Å². The van der Waals surface area contributed by atoms with Gasteiger partial charge >= 0.3 is 0 Å². The van der Waals surface area contributed by atoms with Gasteiger partial charge in [-0.15, -0.1) is 0 Å². The maximum atomic E-state index is 12.1. The average Bonchev–Trinajstić information content (AvgIpc) is 3.46. The highest BCUT2D eigenvalue weighted by Crippen LogP contribution is 2.47. The number of nitrogens with one attached hydrogen (secondary N) is 2. The zero-order chi connectivity index (χ0) is 17.6. The summed E-state index contributed by atoms with van der Waals surface area (Å²) in [6.07, 6.45) is 0.894. The first-order chi connectivity index (χ1) is 12.2. The zero-order valence-electron chi connectivity index (χ0n) is 13.6. The van der Waals surface area contributed by atoms with E-state index < -0.39 is 5.91 Å². The van der Waals surface area contributed by atoms with E-state index in [4.69, 9.17) is 9.94 Å². The molecule has 0 aromatic heterocycles. The molecule has 1 aliphatic rings. The lowest BCUT2D eigenvalue weighted by Crippen LogP contribution is -2.29. The second kappa shape index (κ2) is 7.81. The number of ether oxygens (including phenoxy) is 1. The van der Waals surface area contributed by atoms with Crippen LogP contribution in [0.5, 0.6) is 5.75 Å². The molecule has 0 heterocycles. The lowest BCUT2D eigenvalue weighted by molar-refractivity contribution is -0.122. The fourth-order valence-corrected chi connectivity index (χ4v) is 2.79. The molecule has 0 spiro atoms. The van der Waals surface area contributed by atoms with Crippen molar-refractivity contribution < 1.29 is 19.5 Å². The Morgan fingerprint density at radius 2 is 1.80 bits per heavy atom. The van der Waals surface area contributed by atoms with Gasteiger partial charge in [-0.25, -0.2) is 5.48 Å². The van der Waals surface area contributed by atoms with Crippen LogP contribution in [0.3, 0.4) is 0 Å². The number of hydrogen-bond donors (Lipinski definition) is 3. The summed E-state index contributed by atoms with van der Waals surface area (Å²) in [5.41, 5.74) is 3.12. The lowest BCUT2D eigenvalue weighted by atomic mass is 10.1. The SMILES string of the molecule is O=C(NO)c1ccc(OCCNC(=O)[C@@H]2C[C@H]2c2ccccc2)cc1. The van der Waals surface area contributed by atoms with E-state index in [2.05, 4.69) is 17.4 Å². The number of benzene rings is 2. The molecule has 1 aliphatic carbocycles. The highest BCUT2D eigenvalue weighted by molar-refractivity contribution is 5.93. The predicted octanol–water partition coefficient (Wildman–Crippen LogP) is 2.10. The topological polar surface area (TPSA) is 87.7 Å². The first-order valence-electron chi connectivity index (χ1n) is 8.19. The summed E-state index contributed by atoms with van der Waals surface area (Å²) in [7, 11) is 0. The van der Waals surface area contributed by atoms with Gasteiger partial charge < -0.3 is 10.1 Å². The predicted molar refractivity (Wildman–Crippen MR) is 91.5 cm³/mol. The van der Waals surface area contributed by atoms with Gasteiger partial charge in [0.25, 0.3) is 5.91 Å². The molecule has 2 aromatic rings. The molecular weight excluding hydrogens is 320 g/mol. The number of hydroxylamine groups is 1. The highest BCUT2D eigenvalue weighted by Gasteiger charge is 2.43. The first kappa shape index (κ1) is 17.0. The minimum atomic E-state index is -0.573. The van der Waals surface area contributed by atoms with Crippen LogP contribution in [0.1, 0.15) is 28.3 Å². The van der Waals surface area contributed by atoms with Crippen LogP contribution >= 0.6 is 0 Å². The molecule has 25 heavy (non-hydrogen) atoms. The first-order valence-corrected chi connectivity index (χ1v) is 8.19. The molecule has 2 aromatic carbocycles. The van der Waals surface area contributed by atoms with E-state index in [1.807, 2.05) is 18.2 Å². The third-order valence-corrected chi connectivity index (χ3v) is 4.24. The summed E-state index contributed by atoms with van der Waals surface area (Å²) < 4.78 is 5.53. The number of rotatable bonds is 7. The summed E-state index contributed by atoms with van der Waals surface area (Å²) >= 11 is 0. The van der Waals surface area contributed by atoms with Crippen LogP contribution in [0.2, 0.25) is 0 Å². The summed E-state index contributed by atoms with van der Waals surface area (Å²) in [5.74, 6) is 0.465. The van der Waals surface area contributed by atoms with Gasteiger partial charge in [0.05, 0.1) is 6.54 Å². The fraction of sp³-hybridized carbons (Fsp3) is 0.263. The van der Waals surface area contributed by atoms with Crippen LogP contribution in [0.25, 0.3) is 0 Å². The van der Waals surface area contributed by atoms with Crippen LogP contribution in [-0.2, 0) is 4.79 Å². The standard InChI is InChI=1S/C19H20N2O4/c22-18(21-24)14-6-8-15(9-7-14)25-11-10-20-19(23)17-12-16(17)13-4-2-1-3-5-13/h1-9,16-17,24H,10-12H2,(H,20,23)(H,21,22)/t16-,17+/m0/s1. The van der Waals surface area contributed by atoms with Gasteiger partial charge in [-0.05, 0) is 42.2 Å². The third kappa shape index (κ3) is 4.36. The van der Waals surface area contributed by atoms with Gasteiger partial charge in [0.1, 0.15) is 12.4 Å². The normalized spacial score (nSPS) is 18.3. The molecule has 0 radical (unpaired) electrons. The van der Waals surface area contributed by atoms with Crippen LogP contribution in [-0.4, -0.2) is 30.2 Å². The van der Waals surface area contributed by atoms with Gasteiger partial charge in [-0.2, -0.15) is 0 Å². The Bertz CT molecular complexity index is 731. The maximum absolute atomic E-state index is 12.1. The summed E-state index contributed by atoms with van der Waals surface area (Å²) in [4.78, 5) is 23.3. The minimum Gasteiger partial charge on any atom is -0.492 e. The smallest absolute Gasteiger partial charge is 0.274 e. The molecule has 2 atom stereocenters. The van der Waals surface area contributed by atoms with Crippen LogP contribution in [0.4, 0.5) is 0 Å². The Kier molecular flexibility index (Phi) is 5.30. The van der Waals surface area contributed by atoms with Crippen molar-refractivity contribution in [2.45, 2.75) is 12.3 Å². The van der Waals surface area contributed by atoms with Gasteiger partial charge in [0, 0.05) is 11.5 Å². The molecule has 1 saturated carbocycles. The van der Waals surface area contributed by atoms with Crippen LogP contribution < -0.4 is 15.5 Å². The summed E-state index contributed by atoms with van der Waals surface area (Å²) in [6.45, 7) is 0.774. The number of carbonyl (C=O) groups is 2. The van der Waals surface area contributed by atoms with Crippen molar-refractivity contribution in [2.24, 2.45) is 5.92 Å². The number of amides is 2. The highest BCUT2D eigenvalue weighted by atomic mass is 16.5. The molecule has 130 valence electrons. The number of carbonyl (C=O) groups excluding carboxylic acids is 2.